The highest BCUT2D eigenvalue weighted by molar-refractivity contribution is 7.27. The maximum absolute atomic E-state index is 12.5. The average Bonchev–Trinajstić information content (AvgIpc) is 1.94. The number of ketones is 1. The molecular weight excluding hydrogens is 162 g/mol. The number of benzene rings is 1. The molecule has 0 heterocycles. The SMILES string of the molecule is CC(=O)c1cc(F)ccc1P. The smallest absolute Gasteiger partial charge is 0.160 e. The topological polar surface area (TPSA) is 17.1 Å². The van der Waals surface area contributed by atoms with Crippen molar-refractivity contribution in [2.45, 2.75) is 6.92 Å². The molecule has 1 atom stereocenters. The number of carbonyl (C=O) groups excluding carboxylic acids is 1. The van der Waals surface area contributed by atoms with E-state index in [2.05, 4.69) is 9.24 Å². The third-order valence-corrected chi connectivity index (χ3v) is 1.90. The number of hydrogen-bond donors (Lipinski definition) is 0. The van der Waals surface area contributed by atoms with Gasteiger partial charge < -0.3 is 0 Å². The Kier molecular flexibility index (Phi) is 2.35. The van der Waals surface area contributed by atoms with Gasteiger partial charge in [0.2, 0.25) is 0 Å². The summed E-state index contributed by atoms with van der Waals surface area (Å²) in [7, 11) is 2.39. The van der Waals surface area contributed by atoms with Crippen LogP contribution in [0.2, 0.25) is 0 Å². The molecule has 0 amide bonds. The second-order valence-corrected chi connectivity index (χ2v) is 2.91. The Morgan fingerprint density at radius 2 is 2.18 bits per heavy atom. The third kappa shape index (κ3) is 1.84. The van der Waals surface area contributed by atoms with Gasteiger partial charge in [0.25, 0.3) is 0 Å². The van der Waals surface area contributed by atoms with Crippen molar-refractivity contribution in [1.82, 2.24) is 0 Å². The molecule has 0 aromatic heterocycles. The fraction of sp³-hybridized carbons (Fsp3) is 0.125. The van der Waals surface area contributed by atoms with E-state index in [0.29, 0.717) is 5.56 Å². The van der Waals surface area contributed by atoms with Crippen LogP contribution in [0.5, 0.6) is 0 Å². The van der Waals surface area contributed by atoms with Crippen LogP contribution >= 0.6 is 9.24 Å². The summed E-state index contributed by atoms with van der Waals surface area (Å²) in [6.45, 7) is 1.42. The number of rotatable bonds is 1. The lowest BCUT2D eigenvalue weighted by Gasteiger charge is -1.99. The standard InChI is InChI=1S/C8H8FOP/c1-5(10)7-4-6(9)2-3-8(7)11/h2-4H,11H2,1H3. The third-order valence-electron chi connectivity index (χ3n) is 1.39. The van der Waals surface area contributed by atoms with E-state index in [4.69, 9.17) is 0 Å². The summed E-state index contributed by atoms with van der Waals surface area (Å²) < 4.78 is 12.5. The number of hydrogen-bond acceptors (Lipinski definition) is 1. The van der Waals surface area contributed by atoms with E-state index >= 15 is 0 Å². The van der Waals surface area contributed by atoms with E-state index in [9.17, 15) is 9.18 Å². The van der Waals surface area contributed by atoms with Crippen LogP contribution in [0, 0.1) is 5.82 Å². The monoisotopic (exact) mass is 170 g/mol. The zero-order chi connectivity index (χ0) is 8.43. The van der Waals surface area contributed by atoms with Gasteiger partial charge in [-0.2, -0.15) is 0 Å². The van der Waals surface area contributed by atoms with Crippen molar-refractivity contribution in [2.75, 3.05) is 0 Å². The molecule has 0 N–H and O–H groups in total. The molecule has 0 aliphatic heterocycles. The van der Waals surface area contributed by atoms with E-state index in [1.54, 1.807) is 6.07 Å². The molecule has 1 aromatic rings. The average molecular weight is 170 g/mol. The molecular formula is C8H8FOP. The molecule has 0 aliphatic rings. The quantitative estimate of drug-likeness (QED) is 0.461. The molecule has 1 aromatic carbocycles. The molecule has 0 aliphatic carbocycles. The van der Waals surface area contributed by atoms with Gasteiger partial charge >= 0.3 is 0 Å². The summed E-state index contributed by atoms with van der Waals surface area (Å²) in [5.41, 5.74) is 0.426. The molecule has 1 unspecified atom stereocenters. The van der Waals surface area contributed by atoms with Gasteiger partial charge in [-0.15, -0.1) is 9.24 Å². The summed E-state index contributed by atoms with van der Waals surface area (Å²) >= 11 is 0. The zero-order valence-corrected chi connectivity index (χ0v) is 7.25. The molecule has 1 rings (SSSR count). The normalized spacial score (nSPS) is 9.73. The molecule has 58 valence electrons. The van der Waals surface area contributed by atoms with Crippen LogP contribution in [0.3, 0.4) is 0 Å². The second-order valence-electron chi connectivity index (χ2n) is 2.29. The zero-order valence-electron chi connectivity index (χ0n) is 6.10. The first-order valence-corrected chi connectivity index (χ1v) is 3.75. The van der Waals surface area contributed by atoms with E-state index in [1.165, 1.54) is 19.1 Å². The lowest BCUT2D eigenvalue weighted by molar-refractivity contribution is 0.101. The molecule has 0 radical (unpaired) electrons. The van der Waals surface area contributed by atoms with Crippen LogP contribution in [0.15, 0.2) is 18.2 Å². The summed E-state index contributed by atoms with van der Waals surface area (Å²) in [6.07, 6.45) is 0. The number of halogens is 1. The van der Waals surface area contributed by atoms with Crippen LogP contribution in [0.25, 0.3) is 0 Å². The van der Waals surface area contributed by atoms with Crippen LogP contribution < -0.4 is 5.30 Å². The lowest BCUT2D eigenvalue weighted by Crippen LogP contribution is -2.06. The van der Waals surface area contributed by atoms with E-state index in [0.717, 1.165) is 5.30 Å². The van der Waals surface area contributed by atoms with Crippen LogP contribution in [0.4, 0.5) is 4.39 Å². The van der Waals surface area contributed by atoms with Crippen molar-refractivity contribution in [1.29, 1.82) is 0 Å². The first kappa shape index (κ1) is 8.35. The van der Waals surface area contributed by atoms with Crippen molar-refractivity contribution in [2.24, 2.45) is 0 Å². The van der Waals surface area contributed by atoms with Gasteiger partial charge in [0, 0.05) is 5.56 Å². The summed E-state index contributed by atoms with van der Waals surface area (Å²) in [4.78, 5) is 10.8. The largest absolute Gasteiger partial charge is 0.294 e. The van der Waals surface area contributed by atoms with Gasteiger partial charge in [0.1, 0.15) is 5.82 Å². The molecule has 0 bridgehead atoms. The summed E-state index contributed by atoms with van der Waals surface area (Å²) in [5.74, 6) is -0.490. The fourth-order valence-corrected chi connectivity index (χ4v) is 1.22. The fourth-order valence-electron chi connectivity index (χ4n) is 0.833. The Labute approximate surface area is 66.8 Å². The second kappa shape index (κ2) is 3.10. The first-order chi connectivity index (χ1) is 5.11. The van der Waals surface area contributed by atoms with Gasteiger partial charge in [-0.1, -0.05) is 6.07 Å². The van der Waals surface area contributed by atoms with Crippen LogP contribution in [-0.2, 0) is 0 Å². The molecule has 3 heteroatoms. The number of carbonyl (C=O) groups is 1. The van der Waals surface area contributed by atoms with Crippen molar-refractivity contribution >= 4 is 20.3 Å². The summed E-state index contributed by atoms with van der Waals surface area (Å²) in [5, 5.41) is 0.735. The molecule has 1 nitrogen and oxygen atoms in total. The molecule has 0 saturated carbocycles. The summed E-state index contributed by atoms with van der Waals surface area (Å²) in [6, 6.07) is 4.14. The molecule has 11 heavy (non-hydrogen) atoms. The van der Waals surface area contributed by atoms with E-state index in [-0.39, 0.29) is 11.6 Å². The lowest BCUT2D eigenvalue weighted by atomic mass is 10.1. The van der Waals surface area contributed by atoms with Gasteiger partial charge in [-0.3, -0.25) is 4.79 Å². The van der Waals surface area contributed by atoms with Gasteiger partial charge in [0.15, 0.2) is 5.78 Å². The Hall–Kier alpha value is -0.750. The van der Waals surface area contributed by atoms with Crippen molar-refractivity contribution in [3.63, 3.8) is 0 Å². The Morgan fingerprint density at radius 3 is 2.64 bits per heavy atom. The predicted octanol–water partition coefficient (Wildman–Crippen LogP) is 1.53. The van der Waals surface area contributed by atoms with Gasteiger partial charge in [-0.25, -0.2) is 4.39 Å². The van der Waals surface area contributed by atoms with E-state index < -0.39 is 0 Å². The Balaban J connectivity index is 3.23. The molecule has 0 saturated heterocycles. The Morgan fingerprint density at radius 1 is 1.55 bits per heavy atom. The maximum Gasteiger partial charge on any atom is 0.160 e. The van der Waals surface area contributed by atoms with Crippen molar-refractivity contribution in [3.05, 3.63) is 29.6 Å². The highest BCUT2D eigenvalue weighted by atomic mass is 31.0. The highest BCUT2D eigenvalue weighted by Crippen LogP contribution is 2.04. The minimum atomic E-state index is -0.374. The van der Waals surface area contributed by atoms with Crippen LogP contribution in [0.1, 0.15) is 17.3 Å². The van der Waals surface area contributed by atoms with Crippen molar-refractivity contribution < 1.29 is 9.18 Å². The highest BCUT2D eigenvalue weighted by Gasteiger charge is 2.03. The number of Topliss-reactive ketones (excluding diaryl/α,β-unsaturated/α-hetero) is 1. The Bertz CT molecular complexity index is 296. The predicted molar refractivity (Wildman–Crippen MR) is 45.7 cm³/mol. The van der Waals surface area contributed by atoms with E-state index in [1.807, 2.05) is 0 Å². The van der Waals surface area contributed by atoms with Gasteiger partial charge in [-0.05, 0) is 24.4 Å². The molecule has 0 spiro atoms. The molecule has 0 fully saturated rings. The minimum Gasteiger partial charge on any atom is -0.294 e. The van der Waals surface area contributed by atoms with Gasteiger partial charge in [0.05, 0.1) is 0 Å². The van der Waals surface area contributed by atoms with Crippen LogP contribution in [-0.4, -0.2) is 5.78 Å². The first-order valence-electron chi connectivity index (χ1n) is 3.17. The maximum atomic E-state index is 12.5. The van der Waals surface area contributed by atoms with Crippen molar-refractivity contribution in [3.8, 4) is 0 Å². The minimum absolute atomic E-state index is 0.116.